The molecule has 1 N–H and O–H groups in total. The summed E-state index contributed by atoms with van der Waals surface area (Å²) in [4.78, 5) is 10.8. The summed E-state index contributed by atoms with van der Waals surface area (Å²) in [6.45, 7) is 2.03. The van der Waals surface area contributed by atoms with Gasteiger partial charge in [-0.2, -0.15) is 0 Å². The van der Waals surface area contributed by atoms with Crippen LogP contribution in [0.2, 0.25) is 0 Å². The van der Waals surface area contributed by atoms with Crippen LogP contribution >= 0.6 is 0 Å². The minimum absolute atomic E-state index is 0. The summed E-state index contributed by atoms with van der Waals surface area (Å²) in [6, 6.07) is 6.43. The van der Waals surface area contributed by atoms with Crippen molar-refractivity contribution in [2.75, 3.05) is 0 Å². The van der Waals surface area contributed by atoms with E-state index in [2.05, 4.69) is 0 Å². The number of hydrogen-bond acceptors (Lipinski definition) is 3. The van der Waals surface area contributed by atoms with E-state index < -0.39 is 12.1 Å². The average Bonchev–Trinajstić information content (AvgIpc) is 2.25. The number of hydrogen-bond donors (Lipinski definition) is 1. The quantitative estimate of drug-likeness (QED) is 0.593. The molecule has 4 heteroatoms. The number of aromatic carboxylic acids is 1. The molecular formula is C12H15LiO3. The van der Waals surface area contributed by atoms with Gasteiger partial charge in [0.05, 0.1) is 12.1 Å². The fourth-order valence-corrected chi connectivity index (χ4v) is 1.53. The molecule has 3 nitrogen and oxygen atoms in total. The average molecular weight is 214 g/mol. The number of carbonyl (C=O) groups excluding carboxylic acids is 1. The third-order valence-corrected chi connectivity index (χ3v) is 2.37. The summed E-state index contributed by atoms with van der Waals surface area (Å²) < 4.78 is 0. The smallest absolute Gasteiger partial charge is 0.545 e. The van der Waals surface area contributed by atoms with Gasteiger partial charge in [-0.25, -0.2) is 0 Å². The van der Waals surface area contributed by atoms with E-state index >= 15 is 0 Å². The molecule has 0 heterocycles. The van der Waals surface area contributed by atoms with E-state index in [1.54, 1.807) is 18.2 Å². The van der Waals surface area contributed by atoms with Gasteiger partial charge in [0.15, 0.2) is 0 Å². The fraction of sp³-hybridized carbons (Fsp3) is 0.417. The molecule has 1 unspecified atom stereocenters. The number of rotatable bonds is 5. The van der Waals surface area contributed by atoms with Crippen LogP contribution in [-0.2, 0) is 0 Å². The maximum atomic E-state index is 10.8. The van der Waals surface area contributed by atoms with E-state index in [0.717, 1.165) is 12.8 Å². The molecule has 0 bridgehead atoms. The zero-order valence-corrected chi connectivity index (χ0v) is 9.77. The Morgan fingerprint density at radius 1 is 1.44 bits per heavy atom. The first-order valence-corrected chi connectivity index (χ1v) is 5.15. The Hall–Kier alpha value is -0.753. The largest absolute Gasteiger partial charge is 1.00 e. The van der Waals surface area contributed by atoms with Crippen LogP contribution in [0.1, 0.15) is 48.2 Å². The molecule has 1 aromatic rings. The topological polar surface area (TPSA) is 60.4 Å². The number of carbonyl (C=O) groups is 1. The van der Waals surface area contributed by atoms with Crippen molar-refractivity contribution in [2.45, 2.75) is 32.3 Å². The van der Waals surface area contributed by atoms with Gasteiger partial charge in [0.25, 0.3) is 0 Å². The monoisotopic (exact) mass is 214 g/mol. The van der Waals surface area contributed by atoms with Crippen LogP contribution in [0.3, 0.4) is 0 Å². The maximum absolute atomic E-state index is 10.8. The molecule has 0 saturated carbocycles. The van der Waals surface area contributed by atoms with Crippen molar-refractivity contribution in [3.05, 3.63) is 35.4 Å². The summed E-state index contributed by atoms with van der Waals surface area (Å²) in [5.74, 6) is -1.24. The van der Waals surface area contributed by atoms with Gasteiger partial charge in [0, 0.05) is 5.56 Å². The van der Waals surface area contributed by atoms with Crippen molar-refractivity contribution < 1.29 is 33.9 Å². The number of aliphatic hydroxyl groups excluding tert-OH is 1. The van der Waals surface area contributed by atoms with Crippen molar-refractivity contribution >= 4 is 5.97 Å². The second-order valence-corrected chi connectivity index (χ2v) is 3.53. The Labute approximate surface area is 108 Å². The Morgan fingerprint density at radius 2 is 2.06 bits per heavy atom. The molecule has 0 amide bonds. The normalized spacial score (nSPS) is 11.6. The number of carboxylic acids is 1. The van der Waals surface area contributed by atoms with Gasteiger partial charge in [-0.15, -0.1) is 0 Å². The summed E-state index contributed by atoms with van der Waals surface area (Å²) in [6.07, 6.45) is 1.73. The van der Waals surface area contributed by atoms with Crippen LogP contribution in [0.15, 0.2) is 24.3 Å². The van der Waals surface area contributed by atoms with Gasteiger partial charge in [-0.05, 0) is 12.0 Å². The van der Waals surface area contributed by atoms with Gasteiger partial charge in [0.2, 0.25) is 0 Å². The van der Waals surface area contributed by atoms with Crippen LogP contribution in [0, 0.1) is 0 Å². The fourth-order valence-electron chi connectivity index (χ4n) is 1.53. The summed E-state index contributed by atoms with van der Waals surface area (Å²) in [7, 11) is 0. The van der Waals surface area contributed by atoms with Gasteiger partial charge in [-0.3, -0.25) is 0 Å². The Morgan fingerprint density at radius 3 is 2.62 bits per heavy atom. The molecule has 0 aliphatic heterocycles. The van der Waals surface area contributed by atoms with Crippen LogP contribution in [0.25, 0.3) is 0 Å². The van der Waals surface area contributed by atoms with Gasteiger partial charge < -0.3 is 15.0 Å². The summed E-state index contributed by atoms with van der Waals surface area (Å²) >= 11 is 0. The maximum Gasteiger partial charge on any atom is 1.00 e. The molecule has 1 rings (SSSR count). The molecule has 1 aromatic carbocycles. The van der Waals surface area contributed by atoms with Crippen molar-refractivity contribution in [3.63, 3.8) is 0 Å². The van der Waals surface area contributed by atoms with E-state index in [-0.39, 0.29) is 24.4 Å². The third kappa shape index (κ3) is 4.01. The molecule has 82 valence electrons. The van der Waals surface area contributed by atoms with Crippen LogP contribution in [0.5, 0.6) is 0 Å². The predicted molar refractivity (Wildman–Crippen MR) is 55.3 cm³/mol. The molecule has 0 aliphatic carbocycles. The second-order valence-electron chi connectivity index (χ2n) is 3.53. The molecule has 16 heavy (non-hydrogen) atoms. The van der Waals surface area contributed by atoms with Crippen LogP contribution in [-0.4, -0.2) is 11.1 Å². The first kappa shape index (κ1) is 15.2. The second kappa shape index (κ2) is 7.51. The number of benzene rings is 1. The minimum Gasteiger partial charge on any atom is -0.545 e. The van der Waals surface area contributed by atoms with E-state index in [9.17, 15) is 15.0 Å². The van der Waals surface area contributed by atoms with Crippen LogP contribution < -0.4 is 24.0 Å². The molecule has 0 spiro atoms. The van der Waals surface area contributed by atoms with Crippen molar-refractivity contribution in [3.8, 4) is 0 Å². The van der Waals surface area contributed by atoms with E-state index in [1.165, 1.54) is 6.07 Å². The van der Waals surface area contributed by atoms with Gasteiger partial charge in [0.1, 0.15) is 0 Å². The first-order valence-electron chi connectivity index (χ1n) is 5.15. The zero-order valence-electron chi connectivity index (χ0n) is 9.77. The molecule has 0 aromatic heterocycles. The van der Waals surface area contributed by atoms with E-state index in [4.69, 9.17) is 0 Å². The van der Waals surface area contributed by atoms with E-state index in [1.807, 2.05) is 6.92 Å². The van der Waals surface area contributed by atoms with Gasteiger partial charge in [-0.1, -0.05) is 44.0 Å². The first-order chi connectivity index (χ1) is 7.16. The predicted octanol–water partition coefficient (Wildman–Crippen LogP) is -1.72. The Balaban J connectivity index is 0.00000225. The molecular weight excluding hydrogens is 199 g/mol. The number of unbranched alkanes of at least 4 members (excludes halogenated alkanes) is 1. The summed E-state index contributed by atoms with van der Waals surface area (Å²) in [5, 5.41) is 20.6. The molecule has 0 saturated heterocycles. The van der Waals surface area contributed by atoms with Gasteiger partial charge >= 0.3 is 18.9 Å². The molecule has 0 aliphatic rings. The molecule has 0 fully saturated rings. The number of carboxylic acid groups (broad SMARTS) is 1. The Kier molecular flexibility index (Phi) is 7.16. The van der Waals surface area contributed by atoms with Crippen molar-refractivity contribution in [1.82, 2.24) is 0 Å². The summed E-state index contributed by atoms with van der Waals surface area (Å²) in [5.41, 5.74) is 0.534. The molecule has 1 atom stereocenters. The number of aliphatic hydroxyl groups is 1. The van der Waals surface area contributed by atoms with E-state index in [0.29, 0.717) is 12.0 Å². The standard InChI is InChI=1S/C12H16O3.Li/c1-2-3-8-11(13)9-6-4-5-7-10(9)12(14)15;/h4-7,11,13H,2-3,8H2,1H3,(H,14,15);/q;+1/p-1. The molecule has 0 radical (unpaired) electrons. The third-order valence-electron chi connectivity index (χ3n) is 2.37. The SMILES string of the molecule is CCCCC(O)c1ccccc1C(=O)[O-].[Li+]. The van der Waals surface area contributed by atoms with Crippen LogP contribution in [0.4, 0.5) is 0 Å². The van der Waals surface area contributed by atoms with Crippen molar-refractivity contribution in [2.24, 2.45) is 0 Å². The minimum atomic E-state index is -1.24. The van der Waals surface area contributed by atoms with Crippen molar-refractivity contribution in [1.29, 1.82) is 0 Å². The zero-order chi connectivity index (χ0) is 11.3. The Bertz CT molecular complexity index is 339.